The molecule has 2 rings (SSSR count). The molecule has 1 aromatic rings. The molecule has 0 spiro atoms. The molecule has 23 heavy (non-hydrogen) atoms. The van der Waals surface area contributed by atoms with E-state index >= 15 is 0 Å². The van der Waals surface area contributed by atoms with Crippen molar-refractivity contribution in [2.24, 2.45) is 0 Å². The number of nitriles is 1. The fourth-order valence-corrected chi connectivity index (χ4v) is 2.66. The Hall–Kier alpha value is -2.06. The van der Waals surface area contributed by atoms with Gasteiger partial charge in [-0.2, -0.15) is 5.26 Å². The zero-order valence-corrected chi connectivity index (χ0v) is 13.4. The largest absolute Gasteiger partial charge is 0.482 e. The monoisotopic (exact) mass is 316 g/mol. The lowest BCUT2D eigenvalue weighted by molar-refractivity contribution is -0.123. The molecule has 0 bridgehead atoms. The molecular weight excluding hydrogens is 292 g/mol. The van der Waals surface area contributed by atoms with Crippen LogP contribution in [0.1, 0.15) is 44.1 Å². The van der Waals surface area contributed by atoms with Crippen LogP contribution in [0, 0.1) is 11.3 Å². The third-order valence-corrected chi connectivity index (χ3v) is 3.92. The first-order valence-electron chi connectivity index (χ1n) is 8.30. The molecule has 1 amide bonds. The molecule has 0 heterocycles. The van der Waals surface area contributed by atoms with Crippen molar-refractivity contribution in [3.63, 3.8) is 0 Å². The number of benzene rings is 1. The quantitative estimate of drug-likeness (QED) is 0.749. The van der Waals surface area contributed by atoms with Gasteiger partial charge < -0.3 is 14.8 Å². The summed E-state index contributed by atoms with van der Waals surface area (Å²) in [7, 11) is 0. The molecule has 0 saturated heterocycles. The minimum atomic E-state index is -0.185. The molecule has 1 saturated carbocycles. The summed E-state index contributed by atoms with van der Waals surface area (Å²) in [6.45, 7) is 1.18. The summed E-state index contributed by atoms with van der Waals surface area (Å²) in [5.74, 6) is 0.251. The van der Waals surface area contributed by atoms with Crippen LogP contribution in [-0.2, 0) is 9.53 Å². The lowest BCUT2D eigenvalue weighted by Gasteiger charge is -2.21. The number of ether oxygens (including phenoxy) is 2. The van der Waals surface area contributed by atoms with Crippen molar-refractivity contribution < 1.29 is 14.3 Å². The smallest absolute Gasteiger partial charge is 0.257 e. The van der Waals surface area contributed by atoms with E-state index in [4.69, 9.17) is 14.7 Å². The Bertz CT molecular complexity index is 533. The van der Waals surface area contributed by atoms with Gasteiger partial charge in [-0.15, -0.1) is 0 Å². The second-order valence-electron chi connectivity index (χ2n) is 5.73. The van der Waals surface area contributed by atoms with Crippen molar-refractivity contribution in [3.8, 4) is 11.8 Å². The fraction of sp³-hybridized carbons (Fsp3) is 0.556. The second kappa shape index (κ2) is 9.86. The zero-order valence-electron chi connectivity index (χ0n) is 13.4. The van der Waals surface area contributed by atoms with E-state index in [2.05, 4.69) is 5.32 Å². The van der Waals surface area contributed by atoms with Crippen LogP contribution in [0.4, 0.5) is 0 Å². The number of hydrogen-bond donors (Lipinski definition) is 1. The fourth-order valence-electron chi connectivity index (χ4n) is 2.66. The molecule has 124 valence electrons. The van der Waals surface area contributed by atoms with Gasteiger partial charge in [-0.1, -0.05) is 31.4 Å². The number of rotatable bonds is 8. The maximum atomic E-state index is 11.7. The second-order valence-corrected chi connectivity index (χ2v) is 5.73. The van der Waals surface area contributed by atoms with E-state index < -0.39 is 0 Å². The molecule has 5 heteroatoms. The molecule has 0 unspecified atom stereocenters. The van der Waals surface area contributed by atoms with Gasteiger partial charge in [0.15, 0.2) is 6.61 Å². The molecule has 1 aliphatic rings. The van der Waals surface area contributed by atoms with Crippen molar-refractivity contribution in [1.29, 1.82) is 5.26 Å². The highest BCUT2D eigenvalue weighted by molar-refractivity contribution is 5.77. The number of para-hydroxylation sites is 1. The van der Waals surface area contributed by atoms with Gasteiger partial charge in [-0.05, 0) is 31.4 Å². The number of carbonyl (C=O) groups is 1. The molecule has 0 atom stereocenters. The Morgan fingerprint density at radius 3 is 2.83 bits per heavy atom. The molecule has 1 N–H and O–H groups in total. The maximum absolute atomic E-state index is 11.7. The Balaban J connectivity index is 1.55. The Labute approximate surface area is 137 Å². The van der Waals surface area contributed by atoms with Crippen LogP contribution >= 0.6 is 0 Å². The molecule has 0 aromatic heterocycles. The first kappa shape index (κ1) is 17.3. The average molecular weight is 316 g/mol. The van der Waals surface area contributed by atoms with E-state index in [1.165, 1.54) is 32.1 Å². The van der Waals surface area contributed by atoms with Gasteiger partial charge in [-0.25, -0.2) is 0 Å². The number of amides is 1. The Morgan fingerprint density at radius 1 is 1.26 bits per heavy atom. The predicted molar refractivity (Wildman–Crippen MR) is 87.1 cm³/mol. The molecule has 5 nitrogen and oxygen atoms in total. The van der Waals surface area contributed by atoms with Gasteiger partial charge in [0.05, 0.1) is 11.7 Å². The molecule has 0 aliphatic heterocycles. The van der Waals surface area contributed by atoms with Crippen molar-refractivity contribution >= 4 is 5.91 Å². The number of nitrogens with one attached hydrogen (secondary N) is 1. The molecule has 1 aromatic carbocycles. The first-order chi connectivity index (χ1) is 11.3. The van der Waals surface area contributed by atoms with Crippen molar-refractivity contribution in [3.05, 3.63) is 29.8 Å². The topological polar surface area (TPSA) is 71.3 Å². The van der Waals surface area contributed by atoms with Crippen molar-refractivity contribution in [2.75, 3.05) is 19.8 Å². The molecular formula is C18H24N2O3. The SMILES string of the molecule is N#Cc1ccccc1OCC(=O)NCCCOC1CCCCC1. The lowest BCUT2D eigenvalue weighted by atomic mass is 9.98. The van der Waals surface area contributed by atoms with E-state index in [9.17, 15) is 4.79 Å². The van der Waals surface area contributed by atoms with E-state index in [0.29, 0.717) is 30.6 Å². The molecule has 1 aliphatic carbocycles. The Morgan fingerprint density at radius 2 is 2.04 bits per heavy atom. The highest BCUT2D eigenvalue weighted by Gasteiger charge is 2.13. The van der Waals surface area contributed by atoms with Crippen LogP contribution in [-0.4, -0.2) is 31.8 Å². The Kier molecular flexibility index (Phi) is 7.41. The zero-order chi connectivity index (χ0) is 16.3. The minimum Gasteiger partial charge on any atom is -0.482 e. The average Bonchev–Trinajstić information content (AvgIpc) is 2.60. The predicted octanol–water partition coefficient (Wildman–Crippen LogP) is 2.79. The van der Waals surface area contributed by atoms with Gasteiger partial charge in [0.25, 0.3) is 5.91 Å². The van der Waals surface area contributed by atoms with Gasteiger partial charge in [0.2, 0.25) is 0 Å². The normalized spacial score (nSPS) is 14.9. The summed E-state index contributed by atoms with van der Waals surface area (Å²) in [6.07, 6.45) is 7.40. The summed E-state index contributed by atoms with van der Waals surface area (Å²) in [5, 5.41) is 11.7. The van der Waals surface area contributed by atoms with E-state index in [-0.39, 0.29) is 12.5 Å². The van der Waals surface area contributed by atoms with Crippen LogP contribution in [0.2, 0.25) is 0 Å². The highest BCUT2D eigenvalue weighted by atomic mass is 16.5. The third kappa shape index (κ3) is 6.29. The standard InChI is InChI=1S/C18H24N2O3/c19-13-15-7-4-5-10-17(15)23-14-18(21)20-11-6-12-22-16-8-2-1-3-9-16/h4-5,7,10,16H,1-3,6,8-9,11-12,14H2,(H,20,21). The number of hydrogen-bond acceptors (Lipinski definition) is 4. The summed E-state index contributed by atoms with van der Waals surface area (Å²) in [4.78, 5) is 11.7. The van der Waals surface area contributed by atoms with E-state index in [1.807, 2.05) is 6.07 Å². The van der Waals surface area contributed by atoms with Crippen LogP contribution in [0.3, 0.4) is 0 Å². The van der Waals surface area contributed by atoms with Gasteiger partial charge in [0, 0.05) is 13.2 Å². The summed E-state index contributed by atoms with van der Waals surface area (Å²) < 4.78 is 11.2. The van der Waals surface area contributed by atoms with Gasteiger partial charge >= 0.3 is 0 Å². The van der Waals surface area contributed by atoms with Crippen LogP contribution in [0.15, 0.2) is 24.3 Å². The maximum Gasteiger partial charge on any atom is 0.257 e. The first-order valence-corrected chi connectivity index (χ1v) is 8.30. The minimum absolute atomic E-state index is 0.0812. The van der Waals surface area contributed by atoms with Gasteiger partial charge in [0.1, 0.15) is 11.8 Å². The summed E-state index contributed by atoms with van der Waals surface area (Å²) in [6, 6.07) is 8.92. The third-order valence-electron chi connectivity index (χ3n) is 3.92. The van der Waals surface area contributed by atoms with E-state index in [0.717, 1.165) is 6.42 Å². The van der Waals surface area contributed by atoms with Crippen molar-refractivity contribution in [1.82, 2.24) is 5.32 Å². The van der Waals surface area contributed by atoms with Crippen LogP contribution in [0.5, 0.6) is 5.75 Å². The van der Waals surface area contributed by atoms with E-state index in [1.54, 1.807) is 24.3 Å². The summed E-state index contributed by atoms with van der Waals surface area (Å²) in [5.41, 5.74) is 0.432. The highest BCUT2D eigenvalue weighted by Crippen LogP contribution is 2.20. The number of nitrogens with zero attached hydrogens (tertiary/aromatic N) is 1. The molecule has 1 fully saturated rings. The lowest BCUT2D eigenvalue weighted by Crippen LogP contribution is -2.30. The van der Waals surface area contributed by atoms with Crippen molar-refractivity contribution in [2.45, 2.75) is 44.6 Å². The van der Waals surface area contributed by atoms with Crippen LogP contribution < -0.4 is 10.1 Å². The summed E-state index contributed by atoms with van der Waals surface area (Å²) >= 11 is 0. The van der Waals surface area contributed by atoms with Crippen LogP contribution in [0.25, 0.3) is 0 Å². The number of carbonyl (C=O) groups excluding carboxylic acids is 1. The molecule has 0 radical (unpaired) electrons. The van der Waals surface area contributed by atoms with Gasteiger partial charge in [-0.3, -0.25) is 4.79 Å².